The summed E-state index contributed by atoms with van der Waals surface area (Å²) < 4.78 is 25.4. The fraction of sp³-hybridized carbons (Fsp3) is 1.00. The van der Waals surface area contributed by atoms with Gasteiger partial charge in [-0.25, -0.2) is 13.1 Å². The van der Waals surface area contributed by atoms with Gasteiger partial charge in [0.2, 0.25) is 10.0 Å². The quantitative estimate of drug-likeness (QED) is 0.778. The molecule has 0 heterocycles. The first kappa shape index (κ1) is 13.3. The van der Waals surface area contributed by atoms with Crippen molar-refractivity contribution >= 4 is 10.0 Å². The van der Waals surface area contributed by atoms with Gasteiger partial charge in [0.1, 0.15) is 0 Å². The Balaban J connectivity index is 1.83. The van der Waals surface area contributed by atoms with E-state index in [0.717, 1.165) is 37.6 Å². The molecular formula is C12H24N2O2S. The van der Waals surface area contributed by atoms with Crippen molar-refractivity contribution in [1.29, 1.82) is 0 Å². The Morgan fingerprint density at radius 2 is 1.76 bits per heavy atom. The Labute approximate surface area is 105 Å². The first-order valence-electron chi connectivity index (χ1n) is 6.66. The van der Waals surface area contributed by atoms with Crippen molar-refractivity contribution in [3.05, 3.63) is 0 Å². The number of hydrogen-bond acceptors (Lipinski definition) is 3. The van der Waals surface area contributed by atoms with Crippen LogP contribution in [0.1, 0.15) is 39.0 Å². The Bertz CT molecular complexity index is 356. The lowest BCUT2D eigenvalue weighted by Gasteiger charge is -2.32. The molecule has 0 aromatic heterocycles. The van der Waals surface area contributed by atoms with E-state index in [9.17, 15) is 8.42 Å². The monoisotopic (exact) mass is 260 g/mol. The summed E-state index contributed by atoms with van der Waals surface area (Å²) in [5.74, 6) is 1.67. The topological polar surface area (TPSA) is 58.2 Å². The van der Waals surface area contributed by atoms with Crippen LogP contribution in [0.2, 0.25) is 0 Å². The molecule has 2 aliphatic carbocycles. The van der Waals surface area contributed by atoms with Gasteiger partial charge >= 0.3 is 0 Å². The Kier molecular flexibility index (Phi) is 4.10. The third-order valence-corrected chi connectivity index (χ3v) is 4.78. The molecule has 0 aliphatic heterocycles. The van der Waals surface area contributed by atoms with Crippen LogP contribution < -0.4 is 10.0 Å². The standard InChI is InChI=1S/C12H24N2O2S/c1-9-7-10(9)8-13-11-5-3-4-6-12(11)14-17(2,15)16/h9-14H,3-8H2,1-2H3. The predicted octanol–water partition coefficient (Wildman–Crippen LogP) is 1.09. The Morgan fingerprint density at radius 1 is 1.18 bits per heavy atom. The van der Waals surface area contributed by atoms with E-state index >= 15 is 0 Å². The zero-order valence-corrected chi connectivity index (χ0v) is 11.6. The van der Waals surface area contributed by atoms with Crippen molar-refractivity contribution < 1.29 is 8.42 Å². The minimum Gasteiger partial charge on any atom is -0.312 e. The van der Waals surface area contributed by atoms with E-state index in [2.05, 4.69) is 17.0 Å². The molecule has 2 rings (SSSR count). The van der Waals surface area contributed by atoms with Gasteiger partial charge in [-0.15, -0.1) is 0 Å². The SMILES string of the molecule is CC1CC1CNC1CCCCC1NS(C)(=O)=O. The molecule has 4 atom stereocenters. The van der Waals surface area contributed by atoms with E-state index in [1.165, 1.54) is 19.1 Å². The van der Waals surface area contributed by atoms with Crippen molar-refractivity contribution in [2.45, 2.75) is 51.1 Å². The van der Waals surface area contributed by atoms with Crippen molar-refractivity contribution in [2.24, 2.45) is 11.8 Å². The zero-order chi connectivity index (χ0) is 12.5. The molecule has 4 unspecified atom stereocenters. The summed E-state index contributed by atoms with van der Waals surface area (Å²) in [6.07, 6.45) is 6.97. The molecular weight excluding hydrogens is 236 g/mol. The first-order valence-corrected chi connectivity index (χ1v) is 8.55. The molecule has 4 nitrogen and oxygen atoms in total. The molecule has 0 amide bonds. The number of hydrogen-bond donors (Lipinski definition) is 2. The van der Waals surface area contributed by atoms with Gasteiger partial charge in [-0.1, -0.05) is 19.8 Å². The van der Waals surface area contributed by atoms with Crippen molar-refractivity contribution in [3.8, 4) is 0 Å². The molecule has 17 heavy (non-hydrogen) atoms. The third-order valence-electron chi connectivity index (χ3n) is 4.05. The van der Waals surface area contributed by atoms with E-state index in [4.69, 9.17) is 0 Å². The maximum atomic E-state index is 11.3. The molecule has 0 saturated heterocycles. The summed E-state index contributed by atoms with van der Waals surface area (Å²) in [4.78, 5) is 0. The lowest BCUT2D eigenvalue weighted by molar-refractivity contribution is 0.306. The fourth-order valence-electron chi connectivity index (χ4n) is 2.78. The maximum Gasteiger partial charge on any atom is 0.209 e. The van der Waals surface area contributed by atoms with E-state index < -0.39 is 10.0 Å². The molecule has 0 bridgehead atoms. The largest absolute Gasteiger partial charge is 0.312 e. The second-order valence-corrected chi connectivity index (χ2v) is 7.55. The van der Waals surface area contributed by atoms with Crippen molar-refractivity contribution in [3.63, 3.8) is 0 Å². The summed E-state index contributed by atoms with van der Waals surface area (Å²) in [7, 11) is -3.08. The van der Waals surface area contributed by atoms with Gasteiger partial charge in [0.25, 0.3) is 0 Å². The van der Waals surface area contributed by atoms with Crippen LogP contribution in [0.4, 0.5) is 0 Å². The van der Waals surface area contributed by atoms with Gasteiger partial charge < -0.3 is 5.32 Å². The highest BCUT2D eigenvalue weighted by atomic mass is 32.2. The lowest BCUT2D eigenvalue weighted by atomic mass is 9.91. The van der Waals surface area contributed by atoms with Gasteiger partial charge in [0.05, 0.1) is 6.26 Å². The number of sulfonamides is 1. The highest BCUT2D eigenvalue weighted by molar-refractivity contribution is 7.88. The molecule has 2 N–H and O–H groups in total. The van der Waals surface area contributed by atoms with Crippen molar-refractivity contribution in [2.75, 3.05) is 12.8 Å². The number of rotatable bonds is 5. The normalized spacial score (nSPS) is 38.0. The van der Waals surface area contributed by atoms with E-state index in [1.54, 1.807) is 0 Å². The van der Waals surface area contributed by atoms with Gasteiger partial charge in [0, 0.05) is 12.1 Å². The molecule has 0 spiro atoms. The number of nitrogens with one attached hydrogen (secondary N) is 2. The van der Waals surface area contributed by atoms with Gasteiger partial charge in [-0.3, -0.25) is 0 Å². The minimum absolute atomic E-state index is 0.0906. The summed E-state index contributed by atoms with van der Waals surface area (Å²) in [5, 5.41) is 3.56. The molecule has 2 fully saturated rings. The summed E-state index contributed by atoms with van der Waals surface area (Å²) in [6, 6.07) is 0.416. The highest BCUT2D eigenvalue weighted by Gasteiger charge is 2.34. The molecule has 100 valence electrons. The van der Waals surface area contributed by atoms with E-state index in [0.29, 0.717) is 6.04 Å². The molecule has 5 heteroatoms. The Morgan fingerprint density at radius 3 is 2.29 bits per heavy atom. The predicted molar refractivity (Wildman–Crippen MR) is 69.3 cm³/mol. The molecule has 0 aromatic carbocycles. The molecule has 0 radical (unpaired) electrons. The van der Waals surface area contributed by atoms with Crippen LogP contribution in [0.15, 0.2) is 0 Å². The highest BCUT2D eigenvalue weighted by Crippen LogP contribution is 2.37. The first-order chi connectivity index (χ1) is 7.96. The molecule has 0 aromatic rings. The Hall–Kier alpha value is -0.130. The second-order valence-electron chi connectivity index (χ2n) is 5.77. The average Bonchev–Trinajstić information content (AvgIpc) is 2.91. The van der Waals surface area contributed by atoms with Crippen LogP contribution in [0.25, 0.3) is 0 Å². The smallest absolute Gasteiger partial charge is 0.209 e. The minimum atomic E-state index is -3.08. The summed E-state index contributed by atoms with van der Waals surface area (Å²) in [5.41, 5.74) is 0. The molecule has 2 saturated carbocycles. The fourth-order valence-corrected chi connectivity index (χ4v) is 3.61. The third kappa shape index (κ3) is 4.23. The lowest BCUT2D eigenvalue weighted by Crippen LogP contribution is -2.51. The van der Waals surface area contributed by atoms with Crippen LogP contribution in [0.3, 0.4) is 0 Å². The molecule has 2 aliphatic rings. The summed E-state index contributed by atoms with van der Waals surface area (Å²) >= 11 is 0. The zero-order valence-electron chi connectivity index (χ0n) is 10.8. The van der Waals surface area contributed by atoms with Crippen LogP contribution in [-0.4, -0.2) is 33.3 Å². The second kappa shape index (κ2) is 5.24. The van der Waals surface area contributed by atoms with Crippen LogP contribution >= 0.6 is 0 Å². The van der Waals surface area contributed by atoms with E-state index in [-0.39, 0.29) is 6.04 Å². The average molecular weight is 260 g/mol. The summed E-state index contributed by atoms with van der Waals surface area (Å²) in [6.45, 7) is 3.33. The maximum absolute atomic E-state index is 11.3. The van der Waals surface area contributed by atoms with Gasteiger partial charge in [0.15, 0.2) is 0 Å². The van der Waals surface area contributed by atoms with Crippen molar-refractivity contribution in [1.82, 2.24) is 10.0 Å². The van der Waals surface area contributed by atoms with Gasteiger partial charge in [-0.05, 0) is 37.6 Å². The van der Waals surface area contributed by atoms with Crippen LogP contribution in [0, 0.1) is 11.8 Å². The van der Waals surface area contributed by atoms with Crippen LogP contribution in [0.5, 0.6) is 0 Å². The van der Waals surface area contributed by atoms with Crippen LogP contribution in [-0.2, 0) is 10.0 Å². The van der Waals surface area contributed by atoms with Gasteiger partial charge in [-0.2, -0.15) is 0 Å². The van der Waals surface area contributed by atoms with E-state index in [1.807, 2.05) is 0 Å².